The number of aromatic amines is 1. The lowest BCUT2D eigenvalue weighted by Crippen LogP contribution is -2.55. The maximum Gasteiger partial charge on any atom is 0.272 e. The predicted octanol–water partition coefficient (Wildman–Crippen LogP) is 3.14. The Morgan fingerprint density at radius 1 is 1.19 bits per heavy atom. The van der Waals surface area contributed by atoms with Crippen LogP contribution in [-0.2, 0) is 6.42 Å². The molecule has 2 aromatic carbocycles. The first-order chi connectivity index (χ1) is 12.8. The molecule has 1 N–H and O–H groups in total. The highest BCUT2D eigenvalue weighted by molar-refractivity contribution is 5.95. The summed E-state index contributed by atoms with van der Waals surface area (Å²) in [7, 11) is 0. The summed E-state index contributed by atoms with van der Waals surface area (Å²) in [6.45, 7) is 5.41. The fourth-order valence-corrected chi connectivity index (χ4v) is 3.65. The van der Waals surface area contributed by atoms with Gasteiger partial charge < -0.3 is 4.90 Å². The third kappa shape index (κ3) is 3.23. The molecule has 5 nitrogen and oxygen atoms in total. The minimum Gasteiger partial charge on any atom is -0.337 e. The van der Waals surface area contributed by atoms with Crippen molar-refractivity contribution in [2.24, 2.45) is 5.41 Å². The van der Waals surface area contributed by atoms with Gasteiger partial charge in [-0.25, -0.2) is 9.49 Å². The van der Waals surface area contributed by atoms with Crippen molar-refractivity contribution < 1.29 is 9.18 Å². The summed E-state index contributed by atoms with van der Waals surface area (Å²) >= 11 is 0. The number of nitrogens with one attached hydrogen (secondary N) is 1. The number of halogens is 1. The van der Waals surface area contributed by atoms with Crippen molar-refractivity contribution in [1.82, 2.24) is 15.1 Å². The lowest BCUT2D eigenvalue weighted by molar-refractivity contribution is 0.0232. The Hall–Kier alpha value is -3.02. The van der Waals surface area contributed by atoms with Crippen LogP contribution in [0.4, 0.5) is 4.39 Å². The van der Waals surface area contributed by atoms with Crippen molar-refractivity contribution in [3.8, 4) is 0 Å². The van der Waals surface area contributed by atoms with Gasteiger partial charge in [0.25, 0.3) is 11.5 Å². The van der Waals surface area contributed by atoms with E-state index in [4.69, 9.17) is 0 Å². The van der Waals surface area contributed by atoms with E-state index in [2.05, 4.69) is 24.0 Å². The molecule has 0 aliphatic carbocycles. The fourth-order valence-electron chi connectivity index (χ4n) is 3.65. The van der Waals surface area contributed by atoms with Gasteiger partial charge in [0.2, 0.25) is 0 Å². The van der Waals surface area contributed by atoms with Crippen LogP contribution in [0.25, 0.3) is 10.8 Å². The third-order valence-corrected chi connectivity index (χ3v) is 4.93. The first-order valence-corrected chi connectivity index (χ1v) is 8.88. The zero-order valence-electron chi connectivity index (χ0n) is 15.3. The van der Waals surface area contributed by atoms with E-state index in [0.29, 0.717) is 30.6 Å². The Morgan fingerprint density at radius 3 is 2.59 bits per heavy atom. The largest absolute Gasteiger partial charge is 0.337 e. The smallest absolute Gasteiger partial charge is 0.272 e. The molecular weight excluding hydrogens is 345 g/mol. The van der Waals surface area contributed by atoms with Gasteiger partial charge in [0.05, 0.1) is 16.6 Å². The van der Waals surface area contributed by atoms with Gasteiger partial charge in [-0.05, 0) is 29.2 Å². The summed E-state index contributed by atoms with van der Waals surface area (Å²) in [5.74, 6) is -0.805. The molecule has 0 unspecified atom stereocenters. The number of aromatic nitrogens is 2. The molecule has 2 heterocycles. The van der Waals surface area contributed by atoms with E-state index in [0.717, 1.165) is 10.9 Å². The summed E-state index contributed by atoms with van der Waals surface area (Å²) in [6, 6.07) is 11.8. The van der Waals surface area contributed by atoms with E-state index in [1.54, 1.807) is 29.2 Å². The molecule has 6 heteroatoms. The van der Waals surface area contributed by atoms with Gasteiger partial charge in [-0.15, -0.1) is 0 Å². The summed E-state index contributed by atoms with van der Waals surface area (Å²) < 4.78 is 14.3. The van der Waals surface area contributed by atoms with Crippen LogP contribution in [0.5, 0.6) is 0 Å². The van der Waals surface area contributed by atoms with Crippen LogP contribution < -0.4 is 5.56 Å². The van der Waals surface area contributed by atoms with Crippen molar-refractivity contribution in [2.75, 3.05) is 13.1 Å². The highest BCUT2D eigenvalue weighted by atomic mass is 19.1. The molecule has 1 fully saturated rings. The molecule has 0 spiro atoms. The predicted molar refractivity (Wildman–Crippen MR) is 101 cm³/mol. The third-order valence-electron chi connectivity index (χ3n) is 4.93. The molecule has 1 saturated heterocycles. The Morgan fingerprint density at radius 2 is 1.89 bits per heavy atom. The second-order valence-electron chi connectivity index (χ2n) is 7.86. The van der Waals surface area contributed by atoms with Crippen LogP contribution in [0.2, 0.25) is 0 Å². The first kappa shape index (κ1) is 17.4. The number of nitrogens with zero attached hydrogens (tertiary/aromatic N) is 2. The zero-order chi connectivity index (χ0) is 19.2. The van der Waals surface area contributed by atoms with Gasteiger partial charge in [-0.3, -0.25) is 9.59 Å². The van der Waals surface area contributed by atoms with Crippen LogP contribution in [-0.4, -0.2) is 34.1 Å². The number of rotatable bonds is 3. The second kappa shape index (κ2) is 6.30. The molecule has 138 valence electrons. The minimum absolute atomic E-state index is 0.0803. The maximum absolute atomic E-state index is 14.3. The fraction of sp³-hybridized carbons (Fsp3) is 0.286. The molecule has 0 atom stereocenters. The topological polar surface area (TPSA) is 66.1 Å². The van der Waals surface area contributed by atoms with Gasteiger partial charge in [-0.2, -0.15) is 5.10 Å². The number of H-pyrrole nitrogens is 1. The van der Waals surface area contributed by atoms with Crippen molar-refractivity contribution in [3.63, 3.8) is 0 Å². The number of fused-ring (bicyclic) bond motifs is 1. The van der Waals surface area contributed by atoms with E-state index in [-0.39, 0.29) is 22.4 Å². The number of likely N-dealkylation sites (tertiary alicyclic amines) is 1. The van der Waals surface area contributed by atoms with Gasteiger partial charge in [0.1, 0.15) is 5.82 Å². The van der Waals surface area contributed by atoms with E-state index >= 15 is 0 Å². The standard InChI is InChI=1S/C21H20FN3O2/c1-21(2)11-25(12-21)20(27)16-9-13(7-8-17(16)22)10-18-14-5-3-4-6-15(14)19(26)24-23-18/h3-9H,10-12H2,1-2H3,(H,24,26). The quantitative estimate of drug-likeness (QED) is 0.775. The average molecular weight is 365 g/mol. The van der Waals surface area contributed by atoms with Gasteiger partial charge in [0.15, 0.2) is 0 Å². The normalized spacial score (nSPS) is 15.6. The van der Waals surface area contributed by atoms with Crippen LogP contribution in [0.1, 0.15) is 35.5 Å². The molecule has 4 rings (SSSR count). The zero-order valence-corrected chi connectivity index (χ0v) is 15.3. The minimum atomic E-state index is -0.521. The Labute approximate surface area is 155 Å². The van der Waals surface area contributed by atoms with Crippen molar-refractivity contribution in [1.29, 1.82) is 0 Å². The van der Waals surface area contributed by atoms with Crippen LogP contribution >= 0.6 is 0 Å². The molecule has 1 aromatic heterocycles. The number of carbonyl (C=O) groups is 1. The van der Waals surface area contributed by atoms with E-state index < -0.39 is 5.82 Å². The van der Waals surface area contributed by atoms with E-state index in [9.17, 15) is 14.0 Å². The molecule has 1 aliphatic rings. The first-order valence-electron chi connectivity index (χ1n) is 8.88. The molecule has 27 heavy (non-hydrogen) atoms. The lowest BCUT2D eigenvalue weighted by atomic mass is 9.84. The van der Waals surface area contributed by atoms with Crippen molar-refractivity contribution >= 4 is 16.7 Å². The molecule has 0 radical (unpaired) electrons. The molecule has 0 bridgehead atoms. The Kier molecular flexibility index (Phi) is 4.06. The Bertz CT molecular complexity index is 1100. The number of hydrogen-bond donors (Lipinski definition) is 1. The van der Waals surface area contributed by atoms with Crippen molar-refractivity contribution in [2.45, 2.75) is 20.3 Å². The van der Waals surface area contributed by atoms with Crippen LogP contribution in [0.15, 0.2) is 47.3 Å². The summed E-state index contributed by atoms with van der Waals surface area (Å²) in [5, 5.41) is 7.97. The monoisotopic (exact) mass is 365 g/mol. The van der Waals surface area contributed by atoms with Crippen LogP contribution in [0.3, 0.4) is 0 Å². The lowest BCUT2D eigenvalue weighted by Gasteiger charge is -2.45. The molecule has 0 saturated carbocycles. The van der Waals surface area contributed by atoms with Crippen LogP contribution in [0, 0.1) is 11.2 Å². The van der Waals surface area contributed by atoms with E-state index in [1.807, 2.05) is 12.1 Å². The highest BCUT2D eigenvalue weighted by Crippen LogP contribution is 2.30. The molecule has 3 aromatic rings. The highest BCUT2D eigenvalue weighted by Gasteiger charge is 2.38. The molecule has 1 aliphatic heterocycles. The SMILES string of the molecule is CC1(C)CN(C(=O)c2cc(Cc3n[nH]c(=O)c4ccccc34)ccc2F)C1. The average Bonchev–Trinajstić information content (AvgIpc) is 2.63. The maximum atomic E-state index is 14.3. The summed E-state index contributed by atoms with van der Waals surface area (Å²) in [5.41, 5.74) is 1.37. The van der Waals surface area contributed by atoms with Gasteiger partial charge >= 0.3 is 0 Å². The number of hydrogen-bond acceptors (Lipinski definition) is 3. The second-order valence-corrected chi connectivity index (χ2v) is 7.86. The summed E-state index contributed by atoms with van der Waals surface area (Å²) in [6.07, 6.45) is 0.392. The summed E-state index contributed by atoms with van der Waals surface area (Å²) in [4.78, 5) is 26.2. The van der Waals surface area contributed by atoms with Gasteiger partial charge in [0, 0.05) is 24.9 Å². The molecular formula is C21H20FN3O2. The Balaban J connectivity index is 1.66. The molecule has 1 amide bonds. The number of amides is 1. The van der Waals surface area contributed by atoms with Crippen molar-refractivity contribution in [3.05, 3.63) is 75.5 Å². The van der Waals surface area contributed by atoms with Gasteiger partial charge in [-0.1, -0.05) is 38.1 Å². The number of carbonyl (C=O) groups excluding carboxylic acids is 1. The van der Waals surface area contributed by atoms with E-state index in [1.165, 1.54) is 6.07 Å². The number of benzene rings is 2.